The third-order valence-corrected chi connectivity index (χ3v) is 6.72. The number of ether oxygens (including phenoxy) is 2. The summed E-state index contributed by atoms with van der Waals surface area (Å²) in [6.07, 6.45) is 1.68. The SMILES string of the molecule is O=C(NN=Cc1ccc(N2CCOCC2)s1)c1ccc(COc2ccc3ccccc3c2)cc1. The summed E-state index contributed by atoms with van der Waals surface area (Å²) in [6, 6.07) is 25.7. The molecule has 7 heteroatoms. The molecule has 1 aliphatic rings. The molecule has 0 radical (unpaired) electrons. The van der Waals surface area contributed by atoms with Crippen LogP contribution in [0.4, 0.5) is 5.00 Å². The molecular formula is C27H25N3O3S. The Hall–Kier alpha value is -3.68. The Kier molecular flexibility index (Phi) is 6.84. The second-order valence-electron chi connectivity index (χ2n) is 7.97. The summed E-state index contributed by atoms with van der Waals surface area (Å²) in [7, 11) is 0. The minimum Gasteiger partial charge on any atom is -0.489 e. The number of amides is 1. The molecule has 1 N–H and O–H groups in total. The molecule has 1 saturated heterocycles. The van der Waals surface area contributed by atoms with Gasteiger partial charge in [0, 0.05) is 23.5 Å². The zero-order valence-electron chi connectivity index (χ0n) is 18.6. The van der Waals surface area contributed by atoms with Crippen molar-refractivity contribution in [2.45, 2.75) is 6.61 Å². The smallest absolute Gasteiger partial charge is 0.271 e. The number of carbonyl (C=O) groups excluding carboxylic acids is 1. The third kappa shape index (κ3) is 5.44. The number of hydrazone groups is 1. The Morgan fingerprint density at radius 3 is 2.62 bits per heavy atom. The van der Waals surface area contributed by atoms with E-state index in [1.807, 2.05) is 42.5 Å². The normalized spacial score (nSPS) is 13.9. The topological polar surface area (TPSA) is 63.2 Å². The van der Waals surface area contributed by atoms with Gasteiger partial charge in [-0.3, -0.25) is 4.79 Å². The van der Waals surface area contributed by atoms with Crippen LogP contribution in [0, 0.1) is 0 Å². The Labute approximate surface area is 202 Å². The van der Waals surface area contributed by atoms with Crippen LogP contribution in [0.25, 0.3) is 10.8 Å². The first-order valence-corrected chi connectivity index (χ1v) is 12.0. The number of benzene rings is 3. The van der Waals surface area contributed by atoms with Gasteiger partial charge in [0.1, 0.15) is 12.4 Å². The number of anilines is 1. The number of hydrogen-bond acceptors (Lipinski definition) is 6. The molecule has 0 aliphatic carbocycles. The highest BCUT2D eigenvalue weighted by Crippen LogP contribution is 2.25. The van der Waals surface area contributed by atoms with E-state index in [9.17, 15) is 4.79 Å². The van der Waals surface area contributed by atoms with Crippen LogP contribution in [0.1, 0.15) is 20.8 Å². The van der Waals surface area contributed by atoms with E-state index in [4.69, 9.17) is 9.47 Å². The van der Waals surface area contributed by atoms with Crippen LogP contribution < -0.4 is 15.1 Å². The van der Waals surface area contributed by atoms with E-state index in [1.165, 1.54) is 10.4 Å². The highest BCUT2D eigenvalue weighted by atomic mass is 32.1. The van der Waals surface area contributed by atoms with Crippen LogP contribution in [0.3, 0.4) is 0 Å². The lowest BCUT2D eigenvalue weighted by atomic mass is 10.1. The lowest BCUT2D eigenvalue weighted by Gasteiger charge is -2.27. The van der Waals surface area contributed by atoms with Gasteiger partial charge in [-0.1, -0.05) is 42.5 Å². The minimum absolute atomic E-state index is 0.247. The van der Waals surface area contributed by atoms with Crippen LogP contribution in [0.15, 0.2) is 84.0 Å². The number of thiophene rings is 1. The fourth-order valence-electron chi connectivity index (χ4n) is 3.76. The zero-order chi connectivity index (χ0) is 23.2. The second kappa shape index (κ2) is 10.5. The van der Waals surface area contributed by atoms with Gasteiger partial charge in [0.25, 0.3) is 5.91 Å². The molecule has 3 aromatic carbocycles. The Morgan fingerprint density at radius 2 is 1.79 bits per heavy atom. The molecule has 0 bridgehead atoms. The minimum atomic E-state index is -0.247. The Balaban J connectivity index is 1.12. The average molecular weight is 472 g/mol. The molecule has 6 nitrogen and oxygen atoms in total. The highest BCUT2D eigenvalue weighted by Gasteiger charge is 2.12. The van der Waals surface area contributed by atoms with Crippen LogP contribution >= 0.6 is 11.3 Å². The van der Waals surface area contributed by atoms with E-state index in [1.54, 1.807) is 29.7 Å². The summed E-state index contributed by atoms with van der Waals surface area (Å²) in [5.74, 6) is 0.573. The molecule has 34 heavy (non-hydrogen) atoms. The first-order valence-electron chi connectivity index (χ1n) is 11.2. The summed E-state index contributed by atoms with van der Waals surface area (Å²) < 4.78 is 11.3. The van der Waals surface area contributed by atoms with Gasteiger partial charge in [-0.05, 0) is 52.7 Å². The standard InChI is InChI=1S/C27H25N3O3S/c31-27(29-28-18-25-11-12-26(34-25)30-13-15-32-16-14-30)22-7-5-20(6-8-22)19-33-24-10-9-21-3-1-2-4-23(21)17-24/h1-12,17-18H,13-16,19H2,(H,29,31). The van der Waals surface area contributed by atoms with Crippen molar-refractivity contribution in [2.24, 2.45) is 5.10 Å². The van der Waals surface area contributed by atoms with Crippen LogP contribution in [0.5, 0.6) is 5.75 Å². The summed E-state index contributed by atoms with van der Waals surface area (Å²) in [5.41, 5.74) is 4.14. The van der Waals surface area contributed by atoms with Crippen molar-refractivity contribution in [1.29, 1.82) is 0 Å². The van der Waals surface area contributed by atoms with Crippen LogP contribution in [0.2, 0.25) is 0 Å². The summed E-state index contributed by atoms with van der Waals surface area (Å²) in [6.45, 7) is 3.74. The van der Waals surface area contributed by atoms with E-state index in [0.29, 0.717) is 12.2 Å². The summed E-state index contributed by atoms with van der Waals surface area (Å²) in [4.78, 5) is 15.7. The predicted octanol–water partition coefficient (Wildman–Crippen LogP) is 5.08. The van der Waals surface area contributed by atoms with Crippen molar-refractivity contribution in [2.75, 3.05) is 31.2 Å². The molecular weight excluding hydrogens is 446 g/mol. The van der Waals surface area contributed by atoms with Gasteiger partial charge in [-0.2, -0.15) is 5.10 Å². The number of nitrogens with zero attached hydrogens (tertiary/aromatic N) is 2. The zero-order valence-corrected chi connectivity index (χ0v) is 19.5. The number of rotatable bonds is 7. The van der Waals surface area contributed by atoms with Gasteiger partial charge in [0.2, 0.25) is 0 Å². The molecule has 0 saturated carbocycles. The molecule has 2 heterocycles. The molecule has 0 spiro atoms. The van der Waals surface area contributed by atoms with Crippen molar-refractivity contribution in [3.63, 3.8) is 0 Å². The number of carbonyl (C=O) groups is 1. The van der Waals surface area contributed by atoms with E-state index >= 15 is 0 Å². The molecule has 1 fully saturated rings. The monoisotopic (exact) mass is 471 g/mol. The van der Waals surface area contributed by atoms with Crippen molar-refractivity contribution < 1.29 is 14.3 Å². The first kappa shape index (κ1) is 22.1. The molecule has 0 atom stereocenters. The maximum Gasteiger partial charge on any atom is 0.271 e. The first-order chi connectivity index (χ1) is 16.7. The van der Waals surface area contributed by atoms with E-state index < -0.39 is 0 Å². The fraction of sp³-hybridized carbons (Fsp3) is 0.185. The van der Waals surface area contributed by atoms with Crippen molar-refractivity contribution in [1.82, 2.24) is 5.43 Å². The average Bonchev–Trinajstić information content (AvgIpc) is 3.37. The van der Waals surface area contributed by atoms with Gasteiger partial charge in [-0.25, -0.2) is 5.43 Å². The van der Waals surface area contributed by atoms with Crippen molar-refractivity contribution in [3.8, 4) is 5.75 Å². The van der Waals surface area contributed by atoms with Crippen molar-refractivity contribution >= 4 is 39.2 Å². The summed E-state index contributed by atoms with van der Waals surface area (Å²) >= 11 is 1.65. The number of hydrogen-bond donors (Lipinski definition) is 1. The predicted molar refractivity (Wildman–Crippen MR) is 137 cm³/mol. The van der Waals surface area contributed by atoms with E-state index in [2.05, 4.69) is 39.7 Å². The largest absolute Gasteiger partial charge is 0.489 e. The van der Waals surface area contributed by atoms with Crippen molar-refractivity contribution in [3.05, 3.63) is 94.9 Å². The Morgan fingerprint density at radius 1 is 1.00 bits per heavy atom. The van der Waals surface area contributed by atoms with Gasteiger partial charge in [0.15, 0.2) is 0 Å². The maximum atomic E-state index is 12.4. The van der Waals surface area contributed by atoms with Gasteiger partial charge in [-0.15, -0.1) is 11.3 Å². The molecule has 172 valence electrons. The lowest BCUT2D eigenvalue weighted by molar-refractivity contribution is 0.0955. The lowest BCUT2D eigenvalue weighted by Crippen LogP contribution is -2.35. The van der Waals surface area contributed by atoms with E-state index in [-0.39, 0.29) is 5.91 Å². The third-order valence-electron chi connectivity index (χ3n) is 5.64. The maximum absolute atomic E-state index is 12.4. The molecule has 4 aromatic rings. The van der Waals surface area contributed by atoms with Gasteiger partial charge < -0.3 is 14.4 Å². The van der Waals surface area contributed by atoms with Crippen LogP contribution in [-0.4, -0.2) is 38.4 Å². The van der Waals surface area contributed by atoms with Gasteiger partial charge >= 0.3 is 0 Å². The summed E-state index contributed by atoms with van der Waals surface area (Å²) in [5, 5.41) is 7.64. The Bertz CT molecular complexity index is 1290. The second-order valence-corrected chi connectivity index (χ2v) is 9.06. The highest BCUT2D eigenvalue weighted by molar-refractivity contribution is 7.17. The fourth-order valence-corrected chi connectivity index (χ4v) is 4.69. The molecule has 5 rings (SSSR count). The van der Waals surface area contributed by atoms with Gasteiger partial charge in [0.05, 0.1) is 24.4 Å². The molecule has 1 aliphatic heterocycles. The quantitative estimate of drug-likeness (QED) is 0.302. The van der Waals surface area contributed by atoms with Crippen LogP contribution in [-0.2, 0) is 11.3 Å². The van der Waals surface area contributed by atoms with E-state index in [0.717, 1.165) is 47.9 Å². The molecule has 0 unspecified atom stereocenters. The number of nitrogens with one attached hydrogen (secondary N) is 1. The molecule has 1 aromatic heterocycles. The molecule has 1 amide bonds. The number of morpholine rings is 1. The number of fused-ring (bicyclic) bond motifs is 1.